The largest absolute Gasteiger partial charge is 0.468 e. The van der Waals surface area contributed by atoms with Crippen molar-refractivity contribution in [2.45, 2.75) is 26.4 Å². The van der Waals surface area contributed by atoms with Crippen molar-refractivity contribution >= 4 is 0 Å². The Labute approximate surface area is 109 Å². The van der Waals surface area contributed by atoms with Crippen molar-refractivity contribution in [2.75, 3.05) is 33.3 Å². The van der Waals surface area contributed by atoms with E-state index >= 15 is 0 Å². The van der Waals surface area contributed by atoms with Gasteiger partial charge >= 0.3 is 0 Å². The highest BCUT2D eigenvalue weighted by Crippen LogP contribution is 2.25. The molecule has 2 rings (SSSR count). The van der Waals surface area contributed by atoms with Crippen LogP contribution in [0.25, 0.3) is 0 Å². The van der Waals surface area contributed by atoms with Crippen molar-refractivity contribution in [3.63, 3.8) is 0 Å². The van der Waals surface area contributed by atoms with Crippen LogP contribution in [0.15, 0.2) is 22.8 Å². The lowest BCUT2D eigenvalue weighted by atomic mass is 9.92. The second-order valence-corrected chi connectivity index (χ2v) is 6.18. The Morgan fingerprint density at radius 3 is 2.83 bits per heavy atom. The number of hydrogen-bond acceptors (Lipinski definition) is 4. The molecule has 1 atom stereocenters. The van der Waals surface area contributed by atoms with E-state index in [4.69, 9.17) is 4.42 Å². The number of rotatable bonds is 3. The molecule has 0 radical (unpaired) electrons. The first-order valence-electron chi connectivity index (χ1n) is 6.56. The highest BCUT2D eigenvalue weighted by Gasteiger charge is 2.32. The average molecular weight is 252 g/mol. The summed E-state index contributed by atoms with van der Waals surface area (Å²) in [7, 11) is 2.13. The van der Waals surface area contributed by atoms with Crippen molar-refractivity contribution in [1.82, 2.24) is 9.80 Å². The van der Waals surface area contributed by atoms with Gasteiger partial charge in [-0.25, -0.2) is 0 Å². The molecule has 1 N–H and O–H groups in total. The van der Waals surface area contributed by atoms with Gasteiger partial charge in [0, 0.05) is 25.7 Å². The Bertz CT molecular complexity index is 362. The molecule has 1 aromatic heterocycles. The Morgan fingerprint density at radius 1 is 1.44 bits per heavy atom. The minimum Gasteiger partial charge on any atom is -0.468 e. The minimum absolute atomic E-state index is 0.182. The summed E-state index contributed by atoms with van der Waals surface area (Å²) in [5, 5.41) is 9.60. The molecule has 0 amide bonds. The molecular weight excluding hydrogens is 228 g/mol. The predicted octanol–water partition coefficient (Wildman–Crippen LogP) is 1.41. The zero-order chi connectivity index (χ0) is 13.2. The standard InChI is InChI=1S/C14H24N2O2/c1-14(2)10-15(3)7-12(9-17)16(11-14)8-13-5-4-6-18-13/h4-6,12,17H,7-11H2,1-3H3. The van der Waals surface area contributed by atoms with Crippen LogP contribution in [0.2, 0.25) is 0 Å². The van der Waals surface area contributed by atoms with E-state index in [0.717, 1.165) is 31.9 Å². The maximum absolute atomic E-state index is 9.60. The van der Waals surface area contributed by atoms with E-state index in [1.54, 1.807) is 6.26 Å². The summed E-state index contributed by atoms with van der Waals surface area (Å²) in [6.45, 7) is 8.45. The van der Waals surface area contributed by atoms with Gasteiger partial charge < -0.3 is 14.4 Å². The first kappa shape index (κ1) is 13.6. The summed E-state index contributed by atoms with van der Waals surface area (Å²) in [6, 6.07) is 4.09. The molecule has 0 saturated carbocycles. The van der Waals surface area contributed by atoms with Crippen LogP contribution in [0.5, 0.6) is 0 Å². The lowest BCUT2D eigenvalue weighted by Gasteiger charge is -2.32. The molecule has 0 aliphatic carbocycles. The summed E-state index contributed by atoms with van der Waals surface area (Å²) in [6.07, 6.45) is 1.71. The Hall–Kier alpha value is -0.840. The van der Waals surface area contributed by atoms with Crippen LogP contribution in [0, 0.1) is 5.41 Å². The van der Waals surface area contributed by atoms with Crippen LogP contribution < -0.4 is 0 Å². The van der Waals surface area contributed by atoms with Gasteiger partial charge in [0.2, 0.25) is 0 Å². The van der Waals surface area contributed by atoms with Gasteiger partial charge in [-0.15, -0.1) is 0 Å². The van der Waals surface area contributed by atoms with Gasteiger partial charge in [0.25, 0.3) is 0 Å². The summed E-state index contributed by atoms with van der Waals surface area (Å²) >= 11 is 0. The molecule has 18 heavy (non-hydrogen) atoms. The van der Waals surface area contributed by atoms with E-state index in [-0.39, 0.29) is 18.1 Å². The normalized spacial score (nSPS) is 26.1. The zero-order valence-corrected chi connectivity index (χ0v) is 11.6. The van der Waals surface area contributed by atoms with Gasteiger partial charge in [0.15, 0.2) is 0 Å². The first-order chi connectivity index (χ1) is 8.50. The molecule has 1 fully saturated rings. The van der Waals surface area contributed by atoms with Gasteiger partial charge in [0.05, 0.1) is 19.4 Å². The summed E-state index contributed by atoms with van der Waals surface area (Å²) in [5.74, 6) is 0.966. The van der Waals surface area contributed by atoms with Crippen LogP contribution in [-0.2, 0) is 6.54 Å². The van der Waals surface area contributed by atoms with Gasteiger partial charge in [-0.1, -0.05) is 13.8 Å². The average Bonchev–Trinajstić information content (AvgIpc) is 2.72. The third-order valence-electron chi connectivity index (χ3n) is 3.52. The molecule has 0 bridgehead atoms. The van der Waals surface area contributed by atoms with Crippen LogP contribution in [0.3, 0.4) is 0 Å². The zero-order valence-electron chi connectivity index (χ0n) is 11.6. The fourth-order valence-electron chi connectivity index (χ4n) is 2.96. The third kappa shape index (κ3) is 3.34. The smallest absolute Gasteiger partial charge is 0.117 e. The maximum Gasteiger partial charge on any atom is 0.117 e. The molecule has 2 heterocycles. The molecule has 102 valence electrons. The van der Waals surface area contributed by atoms with Crippen molar-refractivity contribution in [1.29, 1.82) is 0 Å². The number of likely N-dealkylation sites (N-methyl/N-ethyl adjacent to an activating group) is 1. The number of aliphatic hydroxyl groups excluding tert-OH is 1. The second-order valence-electron chi connectivity index (χ2n) is 6.18. The minimum atomic E-state index is 0.182. The number of aliphatic hydroxyl groups is 1. The topological polar surface area (TPSA) is 39.9 Å². The third-order valence-corrected chi connectivity index (χ3v) is 3.52. The quantitative estimate of drug-likeness (QED) is 0.883. The lowest BCUT2D eigenvalue weighted by molar-refractivity contribution is 0.0916. The number of furan rings is 1. The van der Waals surface area contributed by atoms with Crippen LogP contribution in [-0.4, -0.2) is 54.2 Å². The fraction of sp³-hybridized carbons (Fsp3) is 0.714. The molecule has 0 spiro atoms. The van der Waals surface area contributed by atoms with Crippen LogP contribution >= 0.6 is 0 Å². The van der Waals surface area contributed by atoms with Gasteiger partial charge in [-0.05, 0) is 24.6 Å². The van der Waals surface area contributed by atoms with E-state index < -0.39 is 0 Å². The van der Waals surface area contributed by atoms with E-state index in [1.165, 1.54) is 0 Å². The van der Waals surface area contributed by atoms with E-state index in [9.17, 15) is 5.11 Å². The SMILES string of the molecule is CN1CC(CO)N(Cc2ccco2)CC(C)(C)C1. The molecular formula is C14H24N2O2. The highest BCUT2D eigenvalue weighted by molar-refractivity contribution is 4.99. The second kappa shape index (κ2) is 5.43. The Morgan fingerprint density at radius 2 is 2.22 bits per heavy atom. The molecule has 1 aromatic rings. The maximum atomic E-state index is 9.60. The molecule has 1 aliphatic rings. The van der Waals surface area contributed by atoms with Crippen molar-refractivity contribution < 1.29 is 9.52 Å². The van der Waals surface area contributed by atoms with Gasteiger partial charge in [-0.2, -0.15) is 0 Å². The van der Waals surface area contributed by atoms with E-state index in [2.05, 4.69) is 30.7 Å². The molecule has 4 nitrogen and oxygen atoms in total. The van der Waals surface area contributed by atoms with Crippen LogP contribution in [0.1, 0.15) is 19.6 Å². The van der Waals surface area contributed by atoms with Crippen LogP contribution in [0.4, 0.5) is 0 Å². The monoisotopic (exact) mass is 252 g/mol. The molecule has 0 aromatic carbocycles. The van der Waals surface area contributed by atoms with Crippen molar-refractivity contribution in [3.05, 3.63) is 24.2 Å². The molecule has 4 heteroatoms. The summed E-state index contributed by atoms with van der Waals surface area (Å²) in [5.41, 5.74) is 0.227. The van der Waals surface area contributed by atoms with Gasteiger partial charge in [0.1, 0.15) is 5.76 Å². The van der Waals surface area contributed by atoms with E-state index in [0.29, 0.717) is 0 Å². The van der Waals surface area contributed by atoms with Gasteiger partial charge in [-0.3, -0.25) is 4.90 Å². The lowest BCUT2D eigenvalue weighted by Crippen LogP contribution is -2.43. The van der Waals surface area contributed by atoms with Crippen molar-refractivity contribution in [3.8, 4) is 0 Å². The Kier molecular flexibility index (Phi) is 4.10. The predicted molar refractivity (Wildman–Crippen MR) is 71.3 cm³/mol. The fourth-order valence-corrected chi connectivity index (χ4v) is 2.96. The van der Waals surface area contributed by atoms with E-state index in [1.807, 2.05) is 12.1 Å². The molecule has 1 aliphatic heterocycles. The molecule has 1 unspecified atom stereocenters. The number of hydrogen-bond donors (Lipinski definition) is 1. The highest BCUT2D eigenvalue weighted by atomic mass is 16.3. The molecule has 1 saturated heterocycles. The summed E-state index contributed by atoms with van der Waals surface area (Å²) < 4.78 is 5.43. The Balaban J connectivity index is 2.13. The first-order valence-corrected chi connectivity index (χ1v) is 6.56. The number of nitrogens with zero attached hydrogens (tertiary/aromatic N) is 2. The summed E-state index contributed by atoms with van der Waals surface area (Å²) in [4.78, 5) is 4.64. The van der Waals surface area contributed by atoms with Crippen molar-refractivity contribution in [2.24, 2.45) is 5.41 Å².